The fourth-order valence-electron chi connectivity index (χ4n) is 4.09. The molecule has 3 fully saturated rings. The third kappa shape index (κ3) is 7.56. The Labute approximate surface area is 164 Å². The van der Waals surface area contributed by atoms with E-state index in [1.54, 1.807) is 0 Å². The molecule has 0 saturated carbocycles. The van der Waals surface area contributed by atoms with Crippen LogP contribution in [0.5, 0.6) is 0 Å². The van der Waals surface area contributed by atoms with E-state index in [1.807, 2.05) is 7.05 Å². The van der Waals surface area contributed by atoms with Crippen LogP contribution in [0.3, 0.4) is 0 Å². The van der Waals surface area contributed by atoms with Crippen molar-refractivity contribution in [1.29, 1.82) is 0 Å². The highest BCUT2D eigenvalue weighted by Crippen LogP contribution is 2.17. The third-order valence-electron chi connectivity index (χ3n) is 5.83. The van der Waals surface area contributed by atoms with E-state index in [2.05, 4.69) is 20.5 Å². The van der Waals surface area contributed by atoms with Crippen LogP contribution in [0.15, 0.2) is 4.99 Å². The minimum absolute atomic E-state index is 0.519. The lowest BCUT2D eigenvalue weighted by Gasteiger charge is -2.34. The van der Waals surface area contributed by atoms with Gasteiger partial charge in [-0.3, -0.25) is 4.99 Å². The first-order valence-electron chi connectivity index (χ1n) is 10.8. The molecule has 27 heavy (non-hydrogen) atoms. The maximum Gasteiger partial charge on any atom is 0.191 e. The normalized spacial score (nSPS) is 28.0. The van der Waals surface area contributed by atoms with Crippen LogP contribution >= 0.6 is 0 Å². The number of guanidine groups is 1. The summed E-state index contributed by atoms with van der Waals surface area (Å²) in [5.41, 5.74) is 0. The van der Waals surface area contributed by atoms with Crippen molar-refractivity contribution in [3.8, 4) is 0 Å². The Morgan fingerprint density at radius 1 is 1.07 bits per heavy atom. The van der Waals surface area contributed by atoms with E-state index in [0.29, 0.717) is 12.0 Å². The van der Waals surface area contributed by atoms with E-state index < -0.39 is 0 Å². The maximum absolute atomic E-state index is 5.75. The van der Waals surface area contributed by atoms with Gasteiger partial charge in [0, 0.05) is 65.0 Å². The fraction of sp³-hybridized carbons (Fsp3) is 0.950. The highest BCUT2D eigenvalue weighted by molar-refractivity contribution is 5.79. The quantitative estimate of drug-likeness (QED) is 0.354. The molecule has 7 nitrogen and oxygen atoms in total. The van der Waals surface area contributed by atoms with Crippen molar-refractivity contribution in [2.45, 2.75) is 38.1 Å². The van der Waals surface area contributed by atoms with Gasteiger partial charge in [-0.25, -0.2) is 0 Å². The summed E-state index contributed by atoms with van der Waals surface area (Å²) in [6.07, 6.45) is 5.73. The number of aliphatic imine (C=N–C) groups is 1. The Kier molecular flexibility index (Phi) is 9.14. The predicted molar refractivity (Wildman–Crippen MR) is 107 cm³/mol. The summed E-state index contributed by atoms with van der Waals surface area (Å²) in [5.74, 6) is 2.26. The van der Waals surface area contributed by atoms with Crippen molar-refractivity contribution in [1.82, 2.24) is 15.5 Å². The Balaban J connectivity index is 1.21. The van der Waals surface area contributed by atoms with Gasteiger partial charge in [0.05, 0.1) is 19.8 Å². The molecular weight excluding hydrogens is 344 g/mol. The number of rotatable bonds is 9. The van der Waals surface area contributed by atoms with Gasteiger partial charge in [-0.15, -0.1) is 0 Å². The minimum atomic E-state index is 0.519. The summed E-state index contributed by atoms with van der Waals surface area (Å²) >= 11 is 0. The average Bonchev–Trinajstić information content (AvgIpc) is 3.39. The number of piperidine rings is 1. The summed E-state index contributed by atoms with van der Waals surface area (Å²) in [7, 11) is 1.85. The fourth-order valence-corrected chi connectivity index (χ4v) is 4.09. The van der Waals surface area contributed by atoms with Gasteiger partial charge in [-0.2, -0.15) is 0 Å². The molecule has 0 aromatic heterocycles. The highest BCUT2D eigenvalue weighted by Gasteiger charge is 2.24. The number of ether oxygens (including phenoxy) is 3. The van der Waals surface area contributed by atoms with Crippen molar-refractivity contribution in [3.05, 3.63) is 0 Å². The molecule has 3 heterocycles. The zero-order chi connectivity index (χ0) is 18.7. The standard InChI is InChI=1S/C20H38N4O3/c1-21-20(22-7-2-10-25-15-18-6-12-27-16-18)23-19-3-8-24(9-4-19)13-17-5-11-26-14-17/h17-19H,2-16H2,1H3,(H2,21,22,23). The van der Waals surface area contributed by atoms with Crippen molar-refractivity contribution in [2.75, 3.05) is 72.9 Å². The third-order valence-corrected chi connectivity index (χ3v) is 5.83. The molecular formula is C20H38N4O3. The molecule has 3 aliphatic rings. The van der Waals surface area contributed by atoms with Crippen molar-refractivity contribution < 1.29 is 14.2 Å². The molecule has 0 aromatic rings. The molecule has 0 aliphatic carbocycles. The predicted octanol–water partition coefficient (Wildman–Crippen LogP) is 1.10. The first kappa shape index (κ1) is 20.8. The number of nitrogens with one attached hydrogen (secondary N) is 2. The second-order valence-electron chi connectivity index (χ2n) is 8.11. The summed E-state index contributed by atoms with van der Waals surface area (Å²) in [6, 6.07) is 0.519. The molecule has 3 aliphatic heterocycles. The van der Waals surface area contributed by atoms with Crippen LogP contribution in [-0.2, 0) is 14.2 Å². The number of hydrogen-bond acceptors (Lipinski definition) is 5. The molecule has 2 unspecified atom stereocenters. The zero-order valence-electron chi connectivity index (χ0n) is 17.0. The van der Waals surface area contributed by atoms with E-state index in [9.17, 15) is 0 Å². The highest BCUT2D eigenvalue weighted by atomic mass is 16.5. The van der Waals surface area contributed by atoms with Crippen LogP contribution < -0.4 is 10.6 Å². The smallest absolute Gasteiger partial charge is 0.191 e. The lowest BCUT2D eigenvalue weighted by atomic mass is 10.0. The van der Waals surface area contributed by atoms with E-state index in [-0.39, 0.29) is 0 Å². The Morgan fingerprint density at radius 2 is 1.81 bits per heavy atom. The van der Waals surface area contributed by atoms with E-state index >= 15 is 0 Å². The zero-order valence-corrected chi connectivity index (χ0v) is 17.0. The van der Waals surface area contributed by atoms with Gasteiger partial charge >= 0.3 is 0 Å². The molecule has 3 saturated heterocycles. The average molecular weight is 383 g/mol. The lowest BCUT2D eigenvalue weighted by molar-refractivity contribution is 0.0888. The first-order valence-corrected chi connectivity index (χ1v) is 10.8. The van der Waals surface area contributed by atoms with Crippen LogP contribution in [0.2, 0.25) is 0 Å². The summed E-state index contributed by atoms with van der Waals surface area (Å²) in [6.45, 7) is 9.72. The van der Waals surface area contributed by atoms with Crippen molar-refractivity contribution in [3.63, 3.8) is 0 Å². The molecule has 0 aromatic carbocycles. The van der Waals surface area contributed by atoms with E-state index in [1.165, 1.54) is 38.9 Å². The molecule has 3 rings (SSSR count). The number of hydrogen-bond donors (Lipinski definition) is 2. The second kappa shape index (κ2) is 11.8. The van der Waals surface area contributed by atoms with Crippen molar-refractivity contribution >= 4 is 5.96 Å². The molecule has 0 bridgehead atoms. The summed E-state index contributed by atoms with van der Waals surface area (Å²) < 4.78 is 16.6. The van der Waals surface area contributed by atoms with Gasteiger partial charge in [0.1, 0.15) is 0 Å². The molecule has 2 atom stereocenters. The number of likely N-dealkylation sites (tertiary alicyclic amines) is 1. The van der Waals surface area contributed by atoms with Crippen LogP contribution in [0.1, 0.15) is 32.1 Å². The van der Waals surface area contributed by atoms with Gasteiger partial charge in [-0.05, 0) is 38.0 Å². The minimum Gasteiger partial charge on any atom is -0.381 e. The SMILES string of the molecule is CN=C(NCCCOCC1CCOC1)NC1CCN(CC2CCOC2)CC1. The molecule has 7 heteroatoms. The lowest BCUT2D eigenvalue weighted by Crippen LogP contribution is -2.49. The van der Waals surface area contributed by atoms with Gasteiger partial charge < -0.3 is 29.7 Å². The molecule has 156 valence electrons. The Morgan fingerprint density at radius 3 is 2.48 bits per heavy atom. The maximum atomic E-state index is 5.75. The van der Waals surface area contributed by atoms with Crippen LogP contribution in [0.4, 0.5) is 0 Å². The van der Waals surface area contributed by atoms with Crippen molar-refractivity contribution in [2.24, 2.45) is 16.8 Å². The van der Waals surface area contributed by atoms with Gasteiger partial charge in [-0.1, -0.05) is 0 Å². The summed E-state index contributed by atoms with van der Waals surface area (Å²) in [5, 5.41) is 7.00. The van der Waals surface area contributed by atoms with E-state index in [0.717, 1.165) is 70.9 Å². The van der Waals surface area contributed by atoms with Gasteiger partial charge in [0.2, 0.25) is 0 Å². The topological polar surface area (TPSA) is 67.4 Å². The molecule has 0 spiro atoms. The molecule has 0 radical (unpaired) electrons. The van der Waals surface area contributed by atoms with Crippen LogP contribution in [-0.4, -0.2) is 89.8 Å². The first-order chi connectivity index (χ1) is 13.3. The monoisotopic (exact) mass is 382 g/mol. The Bertz CT molecular complexity index is 429. The number of nitrogens with zero attached hydrogens (tertiary/aromatic N) is 2. The van der Waals surface area contributed by atoms with Gasteiger partial charge in [0.15, 0.2) is 5.96 Å². The van der Waals surface area contributed by atoms with E-state index in [4.69, 9.17) is 14.2 Å². The second-order valence-corrected chi connectivity index (χ2v) is 8.11. The van der Waals surface area contributed by atoms with Gasteiger partial charge in [0.25, 0.3) is 0 Å². The van der Waals surface area contributed by atoms with Crippen LogP contribution in [0, 0.1) is 11.8 Å². The largest absolute Gasteiger partial charge is 0.381 e. The molecule has 0 amide bonds. The Hall–Kier alpha value is -0.890. The summed E-state index contributed by atoms with van der Waals surface area (Å²) in [4.78, 5) is 6.97. The van der Waals surface area contributed by atoms with Crippen LogP contribution in [0.25, 0.3) is 0 Å². The molecule has 2 N–H and O–H groups in total.